The summed E-state index contributed by atoms with van der Waals surface area (Å²) in [6.45, 7) is 0. The minimum atomic E-state index is 0.452. The first kappa shape index (κ1) is 11.8. The van der Waals surface area contributed by atoms with E-state index in [4.69, 9.17) is 5.73 Å². The predicted octanol–water partition coefficient (Wildman–Crippen LogP) is 1.51. The smallest absolute Gasteiger partial charge is 0.209 e. The summed E-state index contributed by atoms with van der Waals surface area (Å²) in [6.07, 6.45) is 4.85. The first-order chi connectivity index (χ1) is 8.84. The van der Waals surface area contributed by atoms with Crippen molar-refractivity contribution in [3.63, 3.8) is 0 Å². The van der Waals surface area contributed by atoms with Gasteiger partial charge in [0.05, 0.1) is 6.04 Å². The van der Waals surface area contributed by atoms with Gasteiger partial charge in [-0.2, -0.15) is 0 Å². The summed E-state index contributed by atoms with van der Waals surface area (Å²) in [5.41, 5.74) is 6.57. The molecular weight excluding hydrogens is 270 g/mol. The van der Waals surface area contributed by atoms with Crippen molar-refractivity contribution in [1.29, 1.82) is 0 Å². The molecule has 2 heterocycles. The quantitative estimate of drug-likeness (QED) is 0.850. The number of tetrazole rings is 1. The second kappa shape index (κ2) is 5.19. The van der Waals surface area contributed by atoms with E-state index in [0.717, 1.165) is 10.9 Å². The Hall–Kier alpha value is -1.22. The van der Waals surface area contributed by atoms with Gasteiger partial charge in [0.25, 0.3) is 0 Å². The number of anilines is 1. The van der Waals surface area contributed by atoms with Crippen molar-refractivity contribution in [2.24, 2.45) is 0 Å². The standard InChI is InChI=1S/C9H13N7S2/c10-8-7(11-15-18-8)5-17-9-12-13-14-16(9)6-3-1-2-4-6/h6H,1-5,10H2. The van der Waals surface area contributed by atoms with Gasteiger partial charge in [0.15, 0.2) is 0 Å². The number of nitrogens with zero attached hydrogens (tertiary/aromatic N) is 6. The summed E-state index contributed by atoms with van der Waals surface area (Å²) in [7, 11) is 0. The lowest BCUT2D eigenvalue weighted by atomic mass is 10.3. The Morgan fingerprint density at radius 2 is 2.17 bits per heavy atom. The summed E-state index contributed by atoms with van der Waals surface area (Å²) < 4.78 is 5.75. The van der Waals surface area contributed by atoms with Crippen molar-refractivity contribution in [3.05, 3.63) is 5.69 Å². The Bertz CT molecular complexity index is 516. The topological polar surface area (TPSA) is 95.4 Å². The lowest BCUT2D eigenvalue weighted by Gasteiger charge is -2.10. The molecule has 18 heavy (non-hydrogen) atoms. The molecule has 9 heteroatoms. The van der Waals surface area contributed by atoms with Gasteiger partial charge in [-0.05, 0) is 23.3 Å². The number of rotatable bonds is 4. The predicted molar refractivity (Wildman–Crippen MR) is 69.2 cm³/mol. The molecule has 0 aliphatic heterocycles. The Morgan fingerprint density at radius 3 is 2.89 bits per heavy atom. The van der Waals surface area contributed by atoms with Gasteiger partial charge in [0, 0.05) is 17.3 Å². The van der Waals surface area contributed by atoms with E-state index >= 15 is 0 Å². The average molecular weight is 283 g/mol. The summed E-state index contributed by atoms with van der Waals surface area (Å²) in [5.74, 6) is 0.662. The van der Waals surface area contributed by atoms with Gasteiger partial charge in [-0.15, -0.1) is 10.2 Å². The lowest BCUT2D eigenvalue weighted by molar-refractivity contribution is 0.423. The number of nitrogens with two attached hydrogens (primary N) is 1. The monoisotopic (exact) mass is 283 g/mol. The van der Waals surface area contributed by atoms with Crippen LogP contribution in [0.15, 0.2) is 5.16 Å². The molecule has 0 saturated heterocycles. The first-order valence-corrected chi connectivity index (χ1v) is 7.58. The molecule has 0 radical (unpaired) electrons. The van der Waals surface area contributed by atoms with Gasteiger partial charge in [0.1, 0.15) is 10.7 Å². The first-order valence-electron chi connectivity index (χ1n) is 5.82. The van der Waals surface area contributed by atoms with Gasteiger partial charge >= 0.3 is 0 Å². The Balaban J connectivity index is 1.69. The van der Waals surface area contributed by atoms with Crippen molar-refractivity contribution in [2.45, 2.75) is 42.6 Å². The maximum Gasteiger partial charge on any atom is 0.209 e. The molecule has 0 bridgehead atoms. The highest BCUT2D eigenvalue weighted by molar-refractivity contribution is 7.98. The minimum Gasteiger partial charge on any atom is -0.388 e. The fourth-order valence-corrected chi connectivity index (χ4v) is 3.54. The van der Waals surface area contributed by atoms with E-state index in [2.05, 4.69) is 25.1 Å². The van der Waals surface area contributed by atoms with E-state index in [0.29, 0.717) is 16.8 Å². The van der Waals surface area contributed by atoms with Crippen molar-refractivity contribution in [3.8, 4) is 0 Å². The molecule has 2 N–H and O–H groups in total. The van der Waals surface area contributed by atoms with Crippen LogP contribution in [-0.4, -0.2) is 29.8 Å². The van der Waals surface area contributed by atoms with Crippen molar-refractivity contribution < 1.29 is 0 Å². The third kappa shape index (κ3) is 2.32. The van der Waals surface area contributed by atoms with Crippen LogP contribution in [0.5, 0.6) is 0 Å². The molecule has 0 amide bonds. The Kier molecular flexibility index (Phi) is 3.41. The van der Waals surface area contributed by atoms with Gasteiger partial charge in [-0.25, -0.2) is 4.68 Å². The third-order valence-electron chi connectivity index (χ3n) is 3.06. The highest BCUT2D eigenvalue weighted by Gasteiger charge is 2.21. The highest BCUT2D eigenvalue weighted by atomic mass is 32.2. The van der Waals surface area contributed by atoms with E-state index < -0.39 is 0 Å². The molecule has 1 aliphatic carbocycles. The lowest BCUT2D eigenvalue weighted by Crippen LogP contribution is -2.08. The molecule has 2 aromatic rings. The molecule has 7 nitrogen and oxygen atoms in total. The molecule has 0 atom stereocenters. The van der Waals surface area contributed by atoms with Gasteiger partial charge in [-0.3, -0.25) is 0 Å². The fourth-order valence-electron chi connectivity index (χ4n) is 2.11. The van der Waals surface area contributed by atoms with Gasteiger partial charge < -0.3 is 5.73 Å². The normalized spacial score (nSPS) is 16.4. The van der Waals surface area contributed by atoms with Crippen LogP contribution in [0.1, 0.15) is 37.4 Å². The molecule has 1 fully saturated rings. The van der Waals surface area contributed by atoms with Crippen LogP contribution in [0.4, 0.5) is 5.00 Å². The van der Waals surface area contributed by atoms with Crippen molar-refractivity contribution in [2.75, 3.05) is 5.73 Å². The third-order valence-corrected chi connectivity index (χ3v) is 4.60. The molecule has 0 spiro atoms. The van der Waals surface area contributed by atoms with Crippen LogP contribution in [-0.2, 0) is 5.75 Å². The van der Waals surface area contributed by atoms with Gasteiger partial charge in [0.2, 0.25) is 5.16 Å². The molecule has 0 aromatic carbocycles. The Morgan fingerprint density at radius 1 is 1.33 bits per heavy atom. The van der Waals surface area contributed by atoms with Crippen LogP contribution in [0.2, 0.25) is 0 Å². The summed E-state index contributed by atoms with van der Waals surface area (Å²) in [4.78, 5) is 0. The molecule has 1 aliphatic rings. The molecule has 96 valence electrons. The number of nitrogen functional groups attached to an aromatic ring is 1. The summed E-state index contributed by atoms with van der Waals surface area (Å²) >= 11 is 2.78. The van der Waals surface area contributed by atoms with Crippen LogP contribution in [0.3, 0.4) is 0 Å². The van der Waals surface area contributed by atoms with Crippen LogP contribution >= 0.6 is 23.3 Å². The second-order valence-electron chi connectivity index (χ2n) is 4.22. The maximum atomic E-state index is 5.76. The number of aromatic nitrogens is 6. The number of hydrogen-bond acceptors (Lipinski definition) is 8. The summed E-state index contributed by atoms with van der Waals surface area (Å²) in [5, 5.41) is 17.4. The minimum absolute atomic E-state index is 0.452. The largest absolute Gasteiger partial charge is 0.388 e. The van der Waals surface area contributed by atoms with E-state index in [9.17, 15) is 0 Å². The van der Waals surface area contributed by atoms with Crippen molar-refractivity contribution in [1.82, 2.24) is 29.8 Å². The fraction of sp³-hybridized carbons (Fsp3) is 0.667. The van der Waals surface area contributed by atoms with E-state index in [1.54, 1.807) is 11.8 Å². The van der Waals surface area contributed by atoms with Gasteiger partial charge in [-0.1, -0.05) is 29.1 Å². The van der Waals surface area contributed by atoms with Crippen LogP contribution in [0, 0.1) is 0 Å². The molecular formula is C9H13N7S2. The van der Waals surface area contributed by atoms with E-state index in [-0.39, 0.29) is 0 Å². The molecule has 3 rings (SSSR count). The highest BCUT2D eigenvalue weighted by Crippen LogP contribution is 2.32. The van der Waals surface area contributed by atoms with E-state index in [1.807, 2.05) is 4.68 Å². The zero-order valence-corrected chi connectivity index (χ0v) is 11.3. The SMILES string of the molecule is Nc1snnc1CSc1nnnn1C1CCCC1. The summed E-state index contributed by atoms with van der Waals surface area (Å²) in [6, 6.07) is 0.452. The average Bonchev–Trinajstić information content (AvgIpc) is 3.07. The molecule has 0 unspecified atom stereocenters. The zero-order chi connectivity index (χ0) is 12.4. The maximum absolute atomic E-state index is 5.76. The van der Waals surface area contributed by atoms with Crippen molar-refractivity contribution >= 4 is 28.3 Å². The number of hydrogen-bond donors (Lipinski definition) is 1. The van der Waals surface area contributed by atoms with E-state index in [1.165, 1.54) is 37.2 Å². The molecule has 1 saturated carbocycles. The second-order valence-corrected chi connectivity index (χ2v) is 5.95. The van der Waals surface area contributed by atoms with Crippen LogP contribution < -0.4 is 5.73 Å². The number of thioether (sulfide) groups is 1. The Labute approximate surface area is 112 Å². The molecule has 2 aromatic heterocycles. The zero-order valence-electron chi connectivity index (χ0n) is 9.69. The van der Waals surface area contributed by atoms with Crippen LogP contribution in [0.25, 0.3) is 0 Å².